The molecule has 0 saturated heterocycles. The number of rotatable bonds is 3. The summed E-state index contributed by atoms with van der Waals surface area (Å²) in [4.78, 5) is 16.3. The van der Waals surface area contributed by atoms with Crippen LogP contribution in [0.4, 0.5) is 0 Å². The van der Waals surface area contributed by atoms with Crippen LogP contribution < -0.4 is 19.9 Å². The fraction of sp³-hybridized carbons (Fsp3) is 0.368. The molecular formula is C19H20N2O4. The minimum Gasteiger partial charge on any atom is -0.486 e. The summed E-state index contributed by atoms with van der Waals surface area (Å²) in [7, 11) is 0. The quantitative estimate of drug-likeness (QED) is 0.860. The van der Waals surface area contributed by atoms with Crippen LogP contribution in [0.5, 0.6) is 17.4 Å². The zero-order chi connectivity index (χ0) is 17.4. The minimum absolute atomic E-state index is 0.242. The third-order valence-electron chi connectivity index (χ3n) is 4.71. The molecule has 2 aromatic rings. The second-order valence-corrected chi connectivity index (χ2v) is 6.38. The number of aromatic nitrogens is 2. The lowest BCUT2D eigenvalue weighted by Gasteiger charge is -2.26. The van der Waals surface area contributed by atoms with Crippen molar-refractivity contribution >= 4 is 5.57 Å². The number of hydrogen-bond acceptors (Lipinski definition) is 5. The van der Waals surface area contributed by atoms with Crippen molar-refractivity contribution in [3.05, 3.63) is 52.1 Å². The van der Waals surface area contributed by atoms with E-state index in [4.69, 9.17) is 14.2 Å². The summed E-state index contributed by atoms with van der Waals surface area (Å²) < 4.78 is 19.0. The van der Waals surface area contributed by atoms with Gasteiger partial charge in [0.25, 0.3) is 0 Å². The van der Waals surface area contributed by atoms with E-state index in [9.17, 15) is 4.79 Å². The average Bonchev–Trinajstić information content (AvgIpc) is 2.63. The van der Waals surface area contributed by atoms with Gasteiger partial charge in [-0.25, -0.2) is 4.79 Å². The van der Waals surface area contributed by atoms with E-state index in [0.29, 0.717) is 24.8 Å². The van der Waals surface area contributed by atoms with Crippen molar-refractivity contribution in [1.82, 2.24) is 9.55 Å². The highest BCUT2D eigenvalue weighted by Crippen LogP contribution is 2.31. The van der Waals surface area contributed by atoms with E-state index in [1.807, 2.05) is 37.3 Å². The Balaban J connectivity index is 1.50. The Morgan fingerprint density at radius 1 is 1.28 bits per heavy atom. The van der Waals surface area contributed by atoms with Crippen LogP contribution in [0.1, 0.15) is 26.0 Å². The lowest BCUT2D eigenvalue weighted by molar-refractivity contribution is 0.0520. The zero-order valence-corrected chi connectivity index (χ0v) is 14.3. The highest BCUT2D eigenvalue weighted by atomic mass is 16.6. The molecule has 0 amide bonds. The topological polar surface area (TPSA) is 62.6 Å². The maximum Gasteiger partial charge on any atom is 0.351 e. The van der Waals surface area contributed by atoms with Gasteiger partial charge >= 0.3 is 5.69 Å². The molecule has 0 N–H and O–H groups in total. The molecule has 1 unspecified atom stereocenters. The van der Waals surface area contributed by atoms with E-state index in [-0.39, 0.29) is 18.4 Å². The summed E-state index contributed by atoms with van der Waals surface area (Å²) >= 11 is 0. The molecule has 0 aliphatic carbocycles. The van der Waals surface area contributed by atoms with Gasteiger partial charge in [0, 0.05) is 12.6 Å². The molecular weight excluding hydrogens is 320 g/mol. The summed E-state index contributed by atoms with van der Waals surface area (Å²) in [5.41, 5.74) is 3.01. The maximum atomic E-state index is 12.2. The standard InChI is InChI=1S/C19H20N2O4/c1-12-7-8-21-15(13(12)2)9-18(20-19(21)22)24-11-14-10-23-16-5-3-4-6-17(16)25-14/h3-6,9,14H,7-8,10-11H2,1-2H3. The third kappa shape index (κ3) is 2.99. The molecule has 4 rings (SSSR count). The molecule has 0 radical (unpaired) electrons. The maximum absolute atomic E-state index is 12.2. The SMILES string of the molecule is CC1=C(C)c2cc(OCC3COc4ccccc4O3)nc(=O)n2CC1. The second-order valence-electron chi connectivity index (χ2n) is 6.38. The predicted molar refractivity (Wildman–Crippen MR) is 93.2 cm³/mol. The fourth-order valence-electron chi connectivity index (χ4n) is 3.09. The van der Waals surface area contributed by atoms with Gasteiger partial charge in [0.15, 0.2) is 17.6 Å². The van der Waals surface area contributed by atoms with E-state index in [0.717, 1.165) is 23.4 Å². The normalized spacial score (nSPS) is 18.7. The van der Waals surface area contributed by atoms with Crippen molar-refractivity contribution in [3.8, 4) is 17.4 Å². The van der Waals surface area contributed by atoms with Gasteiger partial charge in [-0.2, -0.15) is 4.98 Å². The van der Waals surface area contributed by atoms with Crippen LogP contribution in [0.2, 0.25) is 0 Å². The van der Waals surface area contributed by atoms with Crippen molar-refractivity contribution < 1.29 is 14.2 Å². The van der Waals surface area contributed by atoms with E-state index in [1.165, 1.54) is 5.57 Å². The van der Waals surface area contributed by atoms with Crippen molar-refractivity contribution in [1.29, 1.82) is 0 Å². The molecule has 1 aromatic heterocycles. The third-order valence-corrected chi connectivity index (χ3v) is 4.71. The van der Waals surface area contributed by atoms with Crippen LogP contribution in [0.3, 0.4) is 0 Å². The van der Waals surface area contributed by atoms with Crippen LogP contribution in [0, 0.1) is 0 Å². The van der Waals surface area contributed by atoms with Gasteiger partial charge in [0.2, 0.25) is 5.88 Å². The predicted octanol–water partition coefficient (Wildman–Crippen LogP) is 2.66. The Kier molecular flexibility index (Phi) is 3.95. The molecule has 0 saturated carbocycles. The van der Waals surface area contributed by atoms with Gasteiger partial charge in [-0.15, -0.1) is 0 Å². The smallest absolute Gasteiger partial charge is 0.351 e. The summed E-state index contributed by atoms with van der Waals surface area (Å²) in [5.74, 6) is 1.77. The van der Waals surface area contributed by atoms with Gasteiger partial charge < -0.3 is 14.2 Å². The lowest BCUT2D eigenvalue weighted by atomic mass is 10.0. The summed E-state index contributed by atoms with van der Waals surface area (Å²) in [5, 5.41) is 0. The highest BCUT2D eigenvalue weighted by Gasteiger charge is 2.22. The molecule has 130 valence electrons. The lowest BCUT2D eigenvalue weighted by Crippen LogP contribution is -2.35. The molecule has 6 heteroatoms. The fourth-order valence-corrected chi connectivity index (χ4v) is 3.09. The first-order valence-corrected chi connectivity index (χ1v) is 8.41. The van der Waals surface area contributed by atoms with E-state index in [1.54, 1.807) is 4.57 Å². The number of fused-ring (bicyclic) bond motifs is 2. The van der Waals surface area contributed by atoms with E-state index in [2.05, 4.69) is 11.9 Å². The Morgan fingerprint density at radius 2 is 2.08 bits per heavy atom. The van der Waals surface area contributed by atoms with Crippen molar-refractivity contribution in [2.24, 2.45) is 0 Å². The molecule has 1 aromatic carbocycles. The molecule has 3 heterocycles. The number of allylic oxidation sites excluding steroid dienone is 2. The number of benzene rings is 1. The van der Waals surface area contributed by atoms with Gasteiger partial charge in [-0.05, 0) is 38.0 Å². The summed E-state index contributed by atoms with van der Waals surface area (Å²) in [6, 6.07) is 9.37. The second kappa shape index (κ2) is 6.27. The molecule has 0 spiro atoms. The molecule has 0 bridgehead atoms. The monoisotopic (exact) mass is 340 g/mol. The van der Waals surface area contributed by atoms with Gasteiger partial charge in [0.05, 0.1) is 5.69 Å². The average molecular weight is 340 g/mol. The minimum atomic E-state index is -0.273. The van der Waals surface area contributed by atoms with Crippen LogP contribution in [-0.2, 0) is 6.54 Å². The van der Waals surface area contributed by atoms with E-state index >= 15 is 0 Å². The number of ether oxygens (including phenoxy) is 3. The van der Waals surface area contributed by atoms with Crippen molar-refractivity contribution in [3.63, 3.8) is 0 Å². The number of para-hydroxylation sites is 2. The largest absolute Gasteiger partial charge is 0.486 e. The first-order chi connectivity index (χ1) is 12.1. The van der Waals surface area contributed by atoms with E-state index < -0.39 is 0 Å². The van der Waals surface area contributed by atoms with Gasteiger partial charge in [0.1, 0.15) is 13.2 Å². The highest BCUT2D eigenvalue weighted by molar-refractivity contribution is 5.65. The van der Waals surface area contributed by atoms with Crippen molar-refractivity contribution in [2.45, 2.75) is 32.9 Å². The van der Waals surface area contributed by atoms with Gasteiger partial charge in [-0.3, -0.25) is 4.57 Å². The molecule has 1 atom stereocenters. The van der Waals surface area contributed by atoms with Gasteiger partial charge in [-0.1, -0.05) is 17.7 Å². The van der Waals surface area contributed by atoms with Crippen LogP contribution in [0.25, 0.3) is 5.57 Å². The molecule has 0 fully saturated rings. The molecule has 25 heavy (non-hydrogen) atoms. The van der Waals surface area contributed by atoms with Crippen LogP contribution >= 0.6 is 0 Å². The summed E-state index contributed by atoms with van der Waals surface area (Å²) in [6.45, 7) is 5.46. The Labute approximate surface area is 145 Å². The molecule has 6 nitrogen and oxygen atoms in total. The Morgan fingerprint density at radius 3 is 2.92 bits per heavy atom. The number of nitrogens with zero attached hydrogens (tertiary/aromatic N) is 2. The molecule has 2 aliphatic heterocycles. The first kappa shape index (κ1) is 15.7. The van der Waals surface area contributed by atoms with Crippen LogP contribution in [0.15, 0.2) is 40.7 Å². The number of hydrogen-bond donors (Lipinski definition) is 0. The van der Waals surface area contributed by atoms with Crippen molar-refractivity contribution in [2.75, 3.05) is 13.2 Å². The zero-order valence-electron chi connectivity index (χ0n) is 14.3. The molecule has 2 aliphatic rings. The Hall–Kier alpha value is -2.76. The summed E-state index contributed by atoms with van der Waals surface area (Å²) in [6.07, 6.45) is 0.640. The van der Waals surface area contributed by atoms with Crippen LogP contribution in [-0.4, -0.2) is 28.9 Å². The first-order valence-electron chi connectivity index (χ1n) is 8.41. The Bertz CT molecular complexity index is 901.